The number of aromatic nitrogens is 6. The van der Waals surface area contributed by atoms with Gasteiger partial charge < -0.3 is 14.7 Å². The number of hydrogen-bond donors (Lipinski definition) is 1. The molecule has 11 nitrogen and oxygen atoms in total. The van der Waals surface area contributed by atoms with E-state index in [1.54, 1.807) is 17.2 Å². The molecule has 1 fully saturated rings. The number of rotatable bonds is 6. The highest BCUT2D eigenvalue weighted by Crippen LogP contribution is 2.34. The molecular formula is C26H28FN9O2. The van der Waals surface area contributed by atoms with Gasteiger partial charge in [0.05, 0.1) is 36.4 Å². The Balaban J connectivity index is 0.00000164. The first-order valence-corrected chi connectivity index (χ1v) is 12.4. The molecule has 0 spiro atoms. The van der Waals surface area contributed by atoms with Crippen LogP contribution in [0.2, 0.25) is 0 Å². The largest absolute Gasteiger partial charge is 0.479 e. The fourth-order valence-corrected chi connectivity index (χ4v) is 4.47. The lowest BCUT2D eigenvalue weighted by molar-refractivity contribution is 0.114. The maximum atomic E-state index is 13.4. The van der Waals surface area contributed by atoms with Crippen molar-refractivity contribution in [3.05, 3.63) is 59.6 Å². The van der Waals surface area contributed by atoms with Gasteiger partial charge >= 0.3 is 0 Å². The van der Waals surface area contributed by atoms with Gasteiger partial charge in [-0.3, -0.25) is 4.98 Å². The Kier molecular flexibility index (Phi) is 8.14. The van der Waals surface area contributed by atoms with Gasteiger partial charge in [-0.2, -0.15) is 15.6 Å². The first kappa shape index (κ1) is 26.5. The third-order valence-corrected chi connectivity index (χ3v) is 6.37. The third kappa shape index (κ3) is 5.12. The summed E-state index contributed by atoms with van der Waals surface area (Å²) in [6.45, 7) is 6.86. The van der Waals surface area contributed by atoms with Crippen molar-refractivity contribution in [2.24, 2.45) is 0 Å². The van der Waals surface area contributed by atoms with Crippen molar-refractivity contribution in [2.75, 3.05) is 19.7 Å². The maximum absolute atomic E-state index is 13.4. The van der Waals surface area contributed by atoms with E-state index in [0.29, 0.717) is 46.9 Å². The molecule has 5 heterocycles. The fourth-order valence-electron chi connectivity index (χ4n) is 4.47. The lowest BCUT2D eigenvalue weighted by Crippen LogP contribution is -2.31. The van der Waals surface area contributed by atoms with Crippen molar-refractivity contribution < 1.29 is 14.2 Å². The monoisotopic (exact) mass is 517 g/mol. The highest BCUT2D eigenvalue weighted by molar-refractivity contribution is 5.74. The molecule has 1 aliphatic rings. The number of piperidine rings is 1. The number of likely N-dealkylation sites (tertiary alicyclic amines) is 1. The minimum atomic E-state index is -0.895. The molecule has 1 unspecified atom stereocenters. The summed E-state index contributed by atoms with van der Waals surface area (Å²) in [7, 11) is 0. The molecule has 1 N–H and O–H groups in total. The van der Waals surface area contributed by atoms with E-state index in [4.69, 9.17) is 10.00 Å². The van der Waals surface area contributed by atoms with Crippen LogP contribution >= 0.6 is 0 Å². The molecule has 5 rings (SSSR count). The van der Waals surface area contributed by atoms with Crippen LogP contribution in [0.5, 0.6) is 5.75 Å². The molecule has 196 valence electrons. The molecule has 0 radical (unpaired) electrons. The van der Waals surface area contributed by atoms with Crippen molar-refractivity contribution in [1.29, 1.82) is 10.5 Å². The number of pyridine rings is 2. The number of ether oxygens (including phenoxy) is 1. The van der Waals surface area contributed by atoms with Gasteiger partial charge in [-0.15, -0.1) is 5.10 Å². The summed E-state index contributed by atoms with van der Waals surface area (Å²) in [6, 6.07) is 6.64. The molecule has 0 saturated carbocycles. The number of aliphatic hydroxyl groups excluding tert-OH is 1. The van der Waals surface area contributed by atoms with Crippen molar-refractivity contribution in [2.45, 2.75) is 45.8 Å². The highest BCUT2D eigenvalue weighted by atomic mass is 19.1. The molecular weight excluding hydrogens is 489 g/mol. The minimum Gasteiger partial charge on any atom is -0.479 e. The number of hydrogen-bond acceptors (Lipinski definition) is 9. The predicted octanol–water partition coefficient (Wildman–Crippen LogP) is 3.56. The van der Waals surface area contributed by atoms with Crippen LogP contribution in [-0.4, -0.2) is 59.3 Å². The van der Waals surface area contributed by atoms with Gasteiger partial charge in [0.25, 0.3) is 0 Å². The molecule has 38 heavy (non-hydrogen) atoms. The second kappa shape index (κ2) is 11.7. The minimum absolute atomic E-state index is 0.133. The molecule has 4 aromatic heterocycles. The standard InChI is InChI=1S/C24H22FN9O2.C2H6/c1-15-23(30-31-34(15)19-4-6-32(14-27)7-5-19)16-8-21(24-17(9-26)10-29-33(24)12-16)36-22(13-35)20-3-2-18(25)11-28-20;1-2/h2-3,8,10-12,19,22,35H,4-7,13H2,1H3;1-2H3. The van der Waals surface area contributed by atoms with E-state index in [0.717, 1.165) is 24.7 Å². The summed E-state index contributed by atoms with van der Waals surface area (Å²) >= 11 is 0. The first-order valence-electron chi connectivity index (χ1n) is 12.4. The van der Waals surface area contributed by atoms with Crippen LogP contribution in [0.15, 0.2) is 36.8 Å². The molecule has 1 aliphatic heterocycles. The Labute approximate surface area is 219 Å². The van der Waals surface area contributed by atoms with Crippen molar-refractivity contribution in [3.8, 4) is 29.3 Å². The van der Waals surface area contributed by atoms with Crippen LogP contribution in [0.4, 0.5) is 4.39 Å². The lowest BCUT2D eigenvalue weighted by Gasteiger charge is -2.28. The maximum Gasteiger partial charge on any atom is 0.179 e. The second-order valence-electron chi connectivity index (χ2n) is 8.53. The van der Waals surface area contributed by atoms with E-state index in [1.165, 1.54) is 22.8 Å². The first-order chi connectivity index (χ1) is 18.5. The van der Waals surface area contributed by atoms with Crippen LogP contribution in [0.1, 0.15) is 55.8 Å². The summed E-state index contributed by atoms with van der Waals surface area (Å²) in [5.74, 6) is -0.206. The Morgan fingerprint density at radius 3 is 2.61 bits per heavy atom. The van der Waals surface area contributed by atoms with Gasteiger partial charge in [-0.05, 0) is 38.0 Å². The van der Waals surface area contributed by atoms with Gasteiger partial charge in [-0.1, -0.05) is 19.1 Å². The summed E-state index contributed by atoms with van der Waals surface area (Å²) in [4.78, 5) is 5.76. The number of nitrogens with zero attached hydrogens (tertiary/aromatic N) is 9. The zero-order valence-electron chi connectivity index (χ0n) is 21.4. The van der Waals surface area contributed by atoms with Gasteiger partial charge in [0.1, 0.15) is 34.4 Å². The molecule has 0 bridgehead atoms. The normalized spacial score (nSPS) is 14.3. The van der Waals surface area contributed by atoms with Gasteiger partial charge in [0.2, 0.25) is 0 Å². The van der Waals surface area contributed by atoms with E-state index in [9.17, 15) is 14.8 Å². The Bertz CT molecular complexity index is 1480. The van der Waals surface area contributed by atoms with Crippen molar-refractivity contribution >= 4 is 5.52 Å². The average molecular weight is 518 g/mol. The molecule has 1 saturated heterocycles. The Morgan fingerprint density at radius 1 is 1.21 bits per heavy atom. The average Bonchev–Trinajstić information content (AvgIpc) is 3.56. The van der Waals surface area contributed by atoms with Gasteiger partial charge in [0.15, 0.2) is 12.3 Å². The summed E-state index contributed by atoms with van der Waals surface area (Å²) in [5, 5.41) is 41.8. The Morgan fingerprint density at radius 2 is 1.97 bits per heavy atom. The smallest absolute Gasteiger partial charge is 0.179 e. The SMILES string of the molecule is CC.Cc1c(-c2cc(OC(CO)c3ccc(F)cn3)c3c(C#N)cnn3c2)nnn1C1CCN(C#N)CC1. The number of aliphatic hydroxyl groups is 1. The molecule has 0 aliphatic carbocycles. The number of fused-ring (bicyclic) bond motifs is 1. The van der Waals surface area contributed by atoms with Crippen LogP contribution in [-0.2, 0) is 0 Å². The molecule has 12 heteroatoms. The van der Waals surface area contributed by atoms with Crippen LogP contribution in [0.25, 0.3) is 16.8 Å². The zero-order valence-corrected chi connectivity index (χ0v) is 21.4. The van der Waals surface area contributed by atoms with Crippen molar-refractivity contribution in [3.63, 3.8) is 0 Å². The van der Waals surface area contributed by atoms with E-state index >= 15 is 0 Å². The lowest BCUT2D eigenvalue weighted by atomic mass is 10.0. The summed E-state index contributed by atoms with van der Waals surface area (Å²) in [5.41, 5.74) is 3.19. The molecule has 4 aromatic rings. The highest BCUT2D eigenvalue weighted by Gasteiger charge is 2.25. The van der Waals surface area contributed by atoms with E-state index < -0.39 is 18.5 Å². The van der Waals surface area contributed by atoms with Crippen LogP contribution in [0.3, 0.4) is 0 Å². The van der Waals surface area contributed by atoms with Crippen LogP contribution in [0, 0.1) is 35.5 Å². The van der Waals surface area contributed by atoms with Crippen molar-refractivity contribution in [1.82, 2.24) is 34.5 Å². The summed E-state index contributed by atoms with van der Waals surface area (Å²) in [6.07, 6.45) is 7.10. The van der Waals surface area contributed by atoms with Gasteiger partial charge in [-0.25, -0.2) is 13.6 Å². The molecule has 1 atom stereocenters. The molecule has 0 aromatic carbocycles. The predicted molar refractivity (Wildman–Crippen MR) is 135 cm³/mol. The topological polar surface area (TPSA) is 141 Å². The van der Waals surface area contributed by atoms with Gasteiger partial charge in [0, 0.05) is 24.8 Å². The second-order valence-corrected chi connectivity index (χ2v) is 8.53. The molecule has 0 amide bonds. The quantitative estimate of drug-likeness (QED) is 0.380. The van der Waals surface area contributed by atoms with E-state index in [1.807, 2.05) is 25.5 Å². The van der Waals surface area contributed by atoms with Crippen LogP contribution < -0.4 is 4.74 Å². The summed E-state index contributed by atoms with van der Waals surface area (Å²) < 4.78 is 22.9. The van der Waals surface area contributed by atoms with E-state index in [2.05, 4.69) is 32.7 Å². The fraction of sp³-hybridized carbons (Fsp3) is 0.385. The third-order valence-electron chi connectivity index (χ3n) is 6.37. The Hall–Kier alpha value is -4.55. The number of nitriles is 2. The number of halogens is 1. The van der Waals surface area contributed by atoms with E-state index in [-0.39, 0.29) is 6.04 Å². The zero-order chi connectivity index (χ0) is 27.2.